The van der Waals surface area contributed by atoms with E-state index in [0.717, 1.165) is 5.57 Å². The fourth-order valence-electron chi connectivity index (χ4n) is 2.24. The van der Waals surface area contributed by atoms with E-state index in [0.29, 0.717) is 5.56 Å². The van der Waals surface area contributed by atoms with Crippen LogP contribution in [0.3, 0.4) is 0 Å². The molecule has 0 saturated carbocycles. The largest absolute Gasteiger partial charge is 0.467 e. The van der Waals surface area contributed by atoms with Crippen molar-refractivity contribution in [3.8, 4) is 0 Å². The molecule has 122 valence electrons. The molecule has 1 unspecified atom stereocenters. The van der Waals surface area contributed by atoms with E-state index in [1.807, 2.05) is 0 Å². The molecule has 0 heterocycles. The van der Waals surface area contributed by atoms with Gasteiger partial charge in [-0.3, -0.25) is 4.79 Å². The predicted octanol–water partition coefficient (Wildman–Crippen LogP) is 0.882. The van der Waals surface area contributed by atoms with Crippen LogP contribution in [0.15, 0.2) is 54.1 Å². The Balaban J connectivity index is 2.07. The van der Waals surface area contributed by atoms with Gasteiger partial charge < -0.3 is 20.9 Å². The van der Waals surface area contributed by atoms with Crippen LogP contribution in [-0.2, 0) is 9.53 Å². The number of ether oxygens (including phenoxy) is 1. The zero-order chi connectivity index (χ0) is 16.9. The first-order chi connectivity index (χ1) is 10.9. The molecule has 23 heavy (non-hydrogen) atoms. The molecule has 0 spiro atoms. The minimum atomic E-state index is -1.36. The molecule has 0 fully saturated rings. The molecule has 1 aliphatic carbocycles. The third-order valence-corrected chi connectivity index (χ3v) is 3.54. The van der Waals surface area contributed by atoms with E-state index in [1.165, 1.54) is 13.2 Å². The highest BCUT2D eigenvalue weighted by Gasteiger charge is 2.25. The second-order valence-electron chi connectivity index (χ2n) is 5.43. The normalized spacial score (nSPS) is 21.3. The van der Waals surface area contributed by atoms with E-state index >= 15 is 0 Å². The Bertz CT molecular complexity index is 635. The molecular weight excluding hydrogens is 296 g/mol. The molecule has 2 rings (SSSR count). The summed E-state index contributed by atoms with van der Waals surface area (Å²) in [5.41, 5.74) is 5.47. The van der Waals surface area contributed by atoms with Crippen molar-refractivity contribution in [2.75, 3.05) is 7.11 Å². The first-order valence-electron chi connectivity index (χ1n) is 7.24. The van der Waals surface area contributed by atoms with Crippen LogP contribution in [0.2, 0.25) is 0 Å². The zero-order valence-corrected chi connectivity index (χ0v) is 12.9. The monoisotopic (exact) mass is 316 g/mol. The summed E-state index contributed by atoms with van der Waals surface area (Å²) in [6.07, 6.45) is 5.37. The number of allylic oxidation sites excluding steroid dienone is 1. The molecule has 6 heteroatoms. The highest BCUT2D eigenvalue weighted by molar-refractivity contribution is 5.96. The fraction of sp³-hybridized carbons (Fsp3) is 0.294. The first-order valence-corrected chi connectivity index (χ1v) is 7.24. The lowest BCUT2D eigenvalue weighted by molar-refractivity contribution is -0.142. The van der Waals surface area contributed by atoms with Gasteiger partial charge in [0.25, 0.3) is 5.91 Å². The summed E-state index contributed by atoms with van der Waals surface area (Å²) in [6, 6.07) is 7.82. The minimum Gasteiger partial charge on any atom is -0.467 e. The number of benzene rings is 1. The van der Waals surface area contributed by atoms with E-state index in [9.17, 15) is 14.7 Å². The number of nitrogens with one attached hydrogen (secondary N) is 1. The Labute approximate surface area is 134 Å². The highest BCUT2D eigenvalue weighted by atomic mass is 16.5. The van der Waals surface area contributed by atoms with Crippen LogP contribution < -0.4 is 11.1 Å². The second kappa shape index (κ2) is 7.21. The molecule has 1 aliphatic rings. The summed E-state index contributed by atoms with van der Waals surface area (Å²) >= 11 is 0. The van der Waals surface area contributed by atoms with Crippen molar-refractivity contribution in [1.82, 2.24) is 5.32 Å². The van der Waals surface area contributed by atoms with Gasteiger partial charge in [-0.15, -0.1) is 0 Å². The van der Waals surface area contributed by atoms with Crippen molar-refractivity contribution in [2.45, 2.75) is 24.6 Å². The summed E-state index contributed by atoms with van der Waals surface area (Å²) in [4.78, 5) is 24.1. The Hall–Kier alpha value is -2.44. The lowest BCUT2D eigenvalue weighted by Gasteiger charge is -2.23. The van der Waals surface area contributed by atoms with Crippen molar-refractivity contribution < 1.29 is 19.4 Å². The third-order valence-electron chi connectivity index (χ3n) is 3.54. The van der Waals surface area contributed by atoms with Crippen LogP contribution in [0.25, 0.3) is 0 Å². The van der Waals surface area contributed by atoms with E-state index in [2.05, 4.69) is 5.32 Å². The summed E-state index contributed by atoms with van der Waals surface area (Å²) < 4.78 is 4.75. The predicted molar refractivity (Wildman–Crippen MR) is 85.3 cm³/mol. The van der Waals surface area contributed by atoms with Crippen LogP contribution in [0.1, 0.15) is 23.2 Å². The topological polar surface area (TPSA) is 102 Å². The number of carbonyl (C=O) groups excluding carboxylic acids is 2. The van der Waals surface area contributed by atoms with Gasteiger partial charge in [-0.2, -0.15) is 0 Å². The molecule has 6 nitrogen and oxygen atoms in total. The van der Waals surface area contributed by atoms with E-state index in [4.69, 9.17) is 10.5 Å². The summed E-state index contributed by atoms with van der Waals surface area (Å²) in [7, 11) is 1.27. The van der Waals surface area contributed by atoms with Crippen molar-refractivity contribution in [3.05, 3.63) is 59.7 Å². The van der Waals surface area contributed by atoms with Crippen LogP contribution in [0.4, 0.5) is 0 Å². The number of amides is 1. The van der Waals surface area contributed by atoms with Crippen LogP contribution in [0.5, 0.6) is 0 Å². The van der Waals surface area contributed by atoms with E-state index in [-0.39, 0.29) is 18.7 Å². The molecule has 1 amide bonds. The maximum Gasteiger partial charge on any atom is 0.328 e. The van der Waals surface area contributed by atoms with Crippen molar-refractivity contribution in [2.24, 2.45) is 5.73 Å². The maximum absolute atomic E-state index is 12.2. The molecule has 0 aromatic heterocycles. The van der Waals surface area contributed by atoms with Crippen LogP contribution in [-0.4, -0.2) is 35.9 Å². The van der Waals surface area contributed by atoms with Gasteiger partial charge in [0.15, 0.2) is 0 Å². The van der Waals surface area contributed by atoms with Crippen molar-refractivity contribution in [1.29, 1.82) is 0 Å². The van der Waals surface area contributed by atoms with Crippen molar-refractivity contribution in [3.63, 3.8) is 0 Å². The van der Waals surface area contributed by atoms with Gasteiger partial charge in [0.2, 0.25) is 0 Å². The molecule has 0 bridgehead atoms. The smallest absolute Gasteiger partial charge is 0.328 e. The SMILES string of the molecule is COC(=O)[C@H](CC1=CCC(N)(O)C=C1)NC(=O)c1ccccc1. The standard InChI is InChI=1S/C17H20N2O4/c1-23-16(21)14(11-12-7-9-17(18,22)10-8-12)19-15(20)13-5-3-2-4-6-13/h2-9,14,22H,10-11,18H2,1H3,(H,19,20)/t14-,17?/m0/s1. The Morgan fingerprint density at radius 3 is 2.65 bits per heavy atom. The van der Waals surface area contributed by atoms with Gasteiger partial charge in [0, 0.05) is 18.4 Å². The number of nitrogens with two attached hydrogens (primary N) is 1. The number of esters is 1. The van der Waals surface area contributed by atoms with E-state index < -0.39 is 17.7 Å². The molecule has 1 aromatic rings. The number of rotatable bonds is 5. The summed E-state index contributed by atoms with van der Waals surface area (Å²) in [6.45, 7) is 0. The number of aliphatic hydroxyl groups is 1. The third kappa shape index (κ3) is 4.77. The highest BCUT2D eigenvalue weighted by Crippen LogP contribution is 2.20. The number of carbonyl (C=O) groups is 2. The summed E-state index contributed by atoms with van der Waals surface area (Å²) in [5, 5.41) is 12.3. The molecule has 0 radical (unpaired) electrons. The lowest BCUT2D eigenvalue weighted by atomic mass is 9.95. The maximum atomic E-state index is 12.2. The number of hydrogen-bond donors (Lipinski definition) is 3. The van der Waals surface area contributed by atoms with E-state index in [1.54, 1.807) is 42.5 Å². The molecular formula is C17H20N2O4. The molecule has 2 atom stereocenters. The minimum absolute atomic E-state index is 0.249. The molecule has 1 aromatic carbocycles. The van der Waals surface area contributed by atoms with Crippen LogP contribution >= 0.6 is 0 Å². The zero-order valence-electron chi connectivity index (χ0n) is 12.9. The number of hydrogen-bond acceptors (Lipinski definition) is 5. The molecule has 0 saturated heterocycles. The van der Waals surface area contributed by atoms with Gasteiger partial charge in [0.1, 0.15) is 11.8 Å². The van der Waals surface area contributed by atoms with Gasteiger partial charge in [-0.25, -0.2) is 4.79 Å². The Morgan fingerprint density at radius 1 is 1.39 bits per heavy atom. The quantitative estimate of drug-likeness (QED) is 0.553. The number of methoxy groups -OCH3 is 1. The fourth-order valence-corrected chi connectivity index (χ4v) is 2.24. The van der Waals surface area contributed by atoms with Crippen molar-refractivity contribution >= 4 is 11.9 Å². The molecule has 4 N–H and O–H groups in total. The summed E-state index contributed by atoms with van der Waals surface area (Å²) in [5.74, 6) is -0.881. The van der Waals surface area contributed by atoms with Gasteiger partial charge in [-0.05, 0) is 23.8 Å². The average molecular weight is 316 g/mol. The van der Waals surface area contributed by atoms with Gasteiger partial charge >= 0.3 is 5.97 Å². The average Bonchev–Trinajstić information content (AvgIpc) is 2.56. The van der Waals surface area contributed by atoms with Crippen LogP contribution in [0, 0.1) is 0 Å². The van der Waals surface area contributed by atoms with Gasteiger partial charge in [-0.1, -0.05) is 30.4 Å². The lowest BCUT2D eigenvalue weighted by Crippen LogP contribution is -2.42. The first kappa shape index (κ1) is 16.9. The Kier molecular flexibility index (Phi) is 5.31. The molecule has 0 aliphatic heterocycles. The second-order valence-corrected chi connectivity index (χ2v) is 5.43. The Morgan fingerprint density at radius 2 is 2.09 bits per heavy atom. The van der Waals surface area contributed by atoms with Gasteiger partial charge in [0.05, 0.1) is 7.11 Å².